The second kappa shape index (κ2) is 8.18. The highest BCUT2D eigenvalue weighted by atomic mass is 35.5. The van der Waals surface area contributed by atoms with Crippen LogP contribution in [0.4, 0.5) is 5.69 Å². The molecular formula is C19H26ClN5O. The highest BCUT2D eigenvalue weighted by Gasteiger charge is 2.34. The van der Waals surface area contributed by atoms with E-state index in [9.17, 15) is 4.79 Å². The molecule has 2 aliphatic rings. The number of aromatic nitrogens is 3. The Bertz CT molecular complexity index is 750. The molecule has 26 heavy (non-hydrogen) atoms. The number of piperidine rings is 1. The lowest BCUT2D eigenvalue weighted by Gasteiger charge is -2.28. The highest BCUT2D eigenvalue weighted by Crippen LogP contribution is 2.33. The van der Waals surface area contributed by atoms with Gasteiger partial charge in [-0.05, 0) is 50.7 Å². The number of carbonyl (C=O) groups is 1. The Morgan fingerprint density at radius 3 is 2.73 bits per heavy atom. The van der Waals surface area contributed by atoms with Gasteiger partial charge in [0.1, 0.15) is 6.33 Å². The number of benzene rings is 1. The van der Waals surface area contributed by atoms with Crippen LogP contribution in [0.25, 0.3) is 11.4 Å². The van der Waals surface area contributed by atoms with Gasteiger partial charge in [-0.3, -0.25) is 4.79 Å². The van der Waals surface area contributed by atoms with Crippen molar-refractivity contribution >= 4 is 24.0 Å². The molecule has 2 aromatic rings. The van der Waals surface area contributed by atoms with Crippen LogP contribution in [0, 0.1) is 5.92 Å². The smallest absolute Gasteiger partial charge is 0.224 e. The number of rotatable bonds is 5. The number of halogens is 1. The maximum Gasteiger partial charge on any atom is 0.224 e. The van der Waals surface area contributed by atoms with Gasteiger partial charge in [0.15, 0.2) is 5.82 Å². The molecule has 2 aliphatic heterocycles. The van der Waals surface area contributed by atoms with Gasteiger partial charge in [0.25, 0.3) is 0 Å². The van der Waals surface area contributed by atoms with Crippen molar-refractivity contribution < 1.29 is 4.79 Å². The molecule has 0 aliphatic carbocycles. The lowest BCUT2D eigenvalue weighted by molar-refractivity contribution is -0.117. The van der Waals surface area contributed by atoms with Crippen LogP contribution in [-0.2, 0) is 11.3 Å². The molecule has 2 unspecified atom stereocenters. The number of amides is 1. The molecule has 2 N–H and O–H groups in total. The Morgan fingerprint density at radius 1 is 1.27 bits per heavy atom. The second-order valence-electron chi connectivity index (χ2n) is 7.21. The molecule has 0 saturated carbocycles. The summed E-state index contributed by atoms with van der Waals surface area (Å²) in [5.41, 5.74) is 1.73. The topological polar surface area (TPSA) is 71.8 Å². The molecule has 1 amide bonds. The second-order valence-corrected chi connectivity index (χ2v) is 7.21. The first-order valence-electron chi connectivity index (χ1n) is 9.26. The van der Waals surface area contributed by atoms with Crippen LogP contribution in [0.5, 0.6) is 0 Å². The predicted molar refractivity (Wildman–Crippen MR) is 104 cm³/mol. The van der Waals surface area contributed by atoms with Crippen molar-refractivity contribution in [3.05, 3.63) is 30.6 Å². The average Bonchev–Trinajstić information content (AvgIpc) is 3.21. The van der Waals surface area contributed by atoms with E-state index >= 15 is 0 Å². The van der Waals surface area contributed by atoms with Gasteiger partial charge in [-0.1, -0.05) is 12.1 Å². The Balaban J connectivity index is 0.00000196. The van der Waals surface area contributed by atoms with Gasteiger partial charge in [-0.15, -0.1) is 22.6 Å². The zero-order chi connectivity index (χ0) is 17.2. The first-order valence-corrected chi connectivity index (χ1v) is 9.26. The summed E-state index contributed by atoms with van der Waals surface area (Å²) in [6.07, 6.45) is 7.09. The van der Waals surface area contributed by atoms with Gasteiger partial charge in [0.05, 0.1) is 5.69 Å². The lowest BCUT2D eigenvalue weighted by atomic mass is 9.89. The summed E-state index contributed by atoms with van der Waals surface area (Å²) >= 11 is 0. The molecule has 4 rings (SSSR count). The number of nitrogens with one attached hydrogen (secondary N) is 2. The minimum atomic E-state index is 0. The zero-order valence-electron chi connectivity index (χ0n) is 15.0. The monoisotopic (exact) mass is 375 g/mol. The maximum absolute atomic E-state index is 12.6. The van der Waals surface area contributed by atoms with E-state index in [4.69, 9.17) is 0 Å². The summed E-state index contributed by atoms with van der Waals surface area (Å²) < 4.78 is 1.98. The number of para-hydroxylation sites is 1. The van der Waals surface area contributed by atoms with E-state index in [0.29, 0.717) is 24.4 Å². The van der Waals surface area contributed by atoms with Crippen molar-refractivity contribution in [2.24, 2.45) is 5.92 Å². The van der Waals surface area contributed by atoms with E-state index in [2.05, 4.69) is 27.8 Å². The van der Waals surface area contributed by atoms with Crippen LogP contribution in [0.1, 0.15) is 39.0 Å². The van der Waals surface area contributed by atoms with Gasteiger partial charge in [0, 0.05) is 30.6 Å². The zero-order valence-corrected chi connectivity index (χ0v) is 15.8. The third-order valence-electron chi connectivity index (χ3n) is 5.44. The molecule has 140 valence electrons. The third-order valence-corrected chi connectivity index (χ3v) is 5.44. The number of carbonyl (C=O) groups excluding carboxylic acids is 1. The van der Waals surface area contributed by atoms with Crippen LogP contribution in [0.2, 0.25) is 0 Å². The SMILES string of the molecule is CCn1cnnc1-c1ccccc1NC(=O)CC1CC2CCC(C1)N2.Cl. The summed E-state index contributed by atoms with van der Waals surface area (Å²) in [4.78, 5) is 12.6. The Morgan fingerprint density at radius 2 is 2.00 bits per heavy atom. The van der Waals surface area contributed by atoms with Crippen molar-refractivity contribution in [1.82, 2.24) is 20.1 Å². The Labute approximate surface area is 160 Å². The molecule has 1 aromatic heterocycles. The van der Waals surface area contributed by atoms with Crippen molar-refractivity contribution in [3.63, 3.8) is 0 Å². The molecule has 2 bridgehead atoms. The van der Waals surface area contributed by atoms with E-state index in [1.165, 1.54) is 12.8 Å². The summed E-state index contributed by atoms with van der Waals surface area (Å²) in [5, 5.41) is 15.0. The quantitative estimate of drug-likeness (QED) is 0.841. The molecule has 2 atom stereocenters. The third kappa shape index (κ3) is 3.91. The van der Waals surface area contributed by atoms with Crippen molar-refractivity contribution in [1.29, 1.82) is 0 Å². The number of nitrogens with zero attached hydrogens (tertiary/aromatic N) is 3. The maximum atomic E-state index is 12.6. The fourth-order valence-corrected chi connectivity index (χ4v) is 4.29. The van der Waals surface area contributed by atoms with Gasteiger partial charge >= 0.3 is 0 Å². The molecule has 3 heterocycles. The summed E-state index contributed by atoms with van der Waals surface area (Å²) in [5.74, 6) is 1.38. The van der Waals surface area contributed by atoms with Crippen molar-refractivity contribution in [3.8, 4) is 11.4 Å². The average molecular weight is 376 g/mol. The number of hydrogen-bond acceptors (Lipinski definition) is 4. The largest absolute Gasteiger partial charge is 0.325 e. The van der Waals surface area contributed by atoms with E-state index in [0.717, 1.165) is 36.5 Å². The first-order chi connectivity index (χ1) is 12.2. The van der Waals surface area contributed by atoms with Gasteiger partial charge in [0.2, 0.25) is 5.91 Å². The number of aryl methyl sites for hydroxylation is 1. The summed E-state index contributed by atoms with van der Waals surface area (Å²) in [6, 6.07) is 9.06. The minimum Gasteiger partial charge on any atom is -0.325 e. The Kier molecular flexibility index (Phi) is 5.94. The molecule has 6 nitrogen and oxygen atoms in total. The fourth-order valence-electron chi connectivity index (χ4n) is 4.29. The highest BCUT2D eigenvalue weighted by molar-refractivity contribution is 5.94. The van der Waals surface area contributed by atoms with Crippen LogP contribution < -0.4 is 10.6 Å². The molecule has 2 fully saturated rings. The fraction of sp³-hybridized carbons (Fsp3) is 0.526. The summed E-state index contributed by atoms with van der Waals surface area (Å²) in [7, 11) is 0. The number of hydrogen-bond donors (Lipinski definition) is 2. The van der Waals surface area contributed by atoms with Crippen LogP contribution >= 0.6 is 12.4 Å². The predicted octanol–water partition coefficient (Wildman–Crippen LogP) is 3.25. The van der Waals surface area contributed by atoms with E-state index in [1.54, 1.807) is 6.33 Å². The van der Waals surface area contributed by atoms with Crippen LogP contribution in [0.15, 0.2) is 30.6 Å². The molecule has 1 aromatic carbocycles. The minimum absolute atomic E-state index is 0. The molecule has 0 spiro atoms. The van der Waals surface area contributed by atoms with Gasteiger partial charge in [-0.25, -0.2) is 0 Å². The van der Waals surface area contributed by atoms with E-state index in [1.807, 2.05) is 28.8 Å². The standard InChI is InChI=1S/C19H25N5O.ClH/c1-2-24-12-20-23-19(24)16-5-3-4-6-17(16)22-18(25)11-13-9-14-7-8-15(10-13)21-14;/h3-6,12-15,21H,2,7-11H2,1H3,(H,22,25);1H. The van der Waals surface area contributed by atoms with Crippen LogP contribution in [-0.4, -0.2) is 32.8 Å². The lowest BCUT2D eigenvalue weighted by Crippen LogP contribution is -2.39. The number of fused-ring (bicyclic) bond motifs is 2. The van der Waals surface area contributed by atoms with E-state index in [-0.39, 0.29) is 18.3 Å². The molecule has 0 radical (unpaired) electrons. The summed E-state index contributed by atoms with van der Waals surface area (Å²) in [6.45, 7) is 2.85. The van der Waals surface area contributed by atoms with Crippen LogP contribution in [0.3, 0.4) is 0 Å². The first kappa shape index (κ1) is 18.9. The molecular weight excluding hydrogens is 350 g/mol. The van der Waals surface area contributed by atoms with Gasteiger partial charge in [-0.2, -0.15) is 0 Å². The normalized spacial score (nSPS) is 24.1. The van der Waals surface area contributed by atoms with Crippen molar-refractivity contribution in [2.45, 2.75) is 57.7 Å². The van der Waals surface area contributed by atoms with Gasteiger partial charge < -0.3 is 15.2 Å². The molecule has 7 heteroatoms. The molecule has 2 saturated heterocycles. The Hall–Kier alpha value is -1.92. The number of anilines is 1. The van der Waals surface area contributed by atoms with E-state index < -0.39 is 0 Å². The van der Waals surface area contributed by atoms with Crippen molar-refractivity contribution in [2.75, 3.05) is 5.32 Å².